The fourth-order valence-corrected chi connectivity index (χ4v) is 3.10. The highest BCUT2D eigenvalue weighted by Crippen LogP contribution is 2.33. The Morgan fingerprint density at radius 3 is 2.56 bits per heavy atom. The summed E-state index contributed by atoms with van der Waals surface area (Å²) in [5.74, 6) is -5.56. The van der Waals surface area contributed by atoms with Crippen molar-refractivity contribution >= 4 is 11.6 Å². The summed E-state index contributed by atoms with van der Waals surface area (Å²) in [7, 11) is 1.23. The number of methoxy groups -OCH3 is 1. The smallest absolute Gasteiger partial charge is 0.490 e. The van der Waals surface area contributed by atoms with Crippen LogP contribution >= 0.6 is 0 Å². The zero-order valence-corrected chi connectivity index (χ0v) is 16.8. The van der Waals surface area contributed by atoms with Crippen LogP contribution in [0.5, 0.6) is 11.5 Å². The number of nitrogens with zero attached hydrogens (tertiary/aromatic N) is 2. The molecule has 32 heavy (non-hydrogen) atoms. The van der Waals surface area contributed by atoms with Crippen molar-refractivity contribution in [2.75, 3.05) is 12.4 Å². The molecular weight excluding hydrogens is 444 g/mol. The Morgan fingerprint density at radius 1 is 1.25 bits per heavy atom. The first-order valence-electron chi connectivity index (χ1n) is 9.17. The van der Waals surface area contributed by atoms with Gasteiger partial charge in [0.1, 0.15) is 11.6 Å². The minimum Gasteiger partial charge on any atom is -0.490 e. The topological polar surface area (TPSA) is 65.4 Å². The number of aromatic nitrogens is 2. The number of halogens is 6. The van der Waals surface area contributed by atoms with Crippen LogP contribution in [-0.4, -0.2) is 23.0 Å². The highest BCUT2D eigenvalue weighted by molar-refractivity contribution is 5.60. The number of hydrogen-bond donors (Lipinski definition) is 1. The molecule has 1 N–H and O–H groups in total. The molecule has 3 rings (SSSR count). The lowest BCUT2D eigenvalue weighted by atomic mass is 9.98. The van der Waals surface area contributed by atoms with E-state index in [4.69, 9.17) is 4.74 Å². The number of benzene rings is 1. The molecule has 0 radical (unpaired) electrons. The monoisotopic (exact) mass is 461 g/mol. The van der Waals surface area contributed by atoms with Crippen molar-refractivity contribution in [2.24, 2.45) is 5.92 Å². The highest BCUT2D eigenvalue weighted by atomic mass is 19.4. The third kappa shape index (κ3) is 5.42. The van der Waals surface area contributed by atoms with E-state index in [-0.39, 0.29) is 18.2 Å². The Morgan fingerprint density at radius 2 is 1.97 bits per heavy atom. The fraction of sp³-hybridized carbons (Fsp3) is 0.300. The lowest BCUT2D eigenvalue weighted by molar-refractivity contribution is -0.274. The third-order valence-electron chi connectivity index (χ3n) is 4.56. The summed E-state index contributed by atoms with van der Waals surface area (Å²) in [5, 5.41) is 2.81. The number of allylic oxidation sites excluding steroid dienone is 4. The lowest BCUT2D eigenvalue weighted by Crippen LogP contribution is -2.21. The molecule has 0 amide bonds. The summed E-state index contributed by atoms with van der Waals surface area (Å²) in [6.07, 6.45) is -3.09. The number of aryl methyl sites for hydroxylation is 1. The SMILES string of the molecule is COc1cn(CC2C=C(F)C(F)=C(F)C2)c(Nc2ccc(OC(F)(F)F)cc2C)nc1=O. The van der Waals surface area contributed by atoms with Gasteiger partial charge in [0, 0.05) is 24.6 Å². The number of alkyl halides is 3. The van der Waals surface area contributed by atoms with Gasteiger partial charge in [-0.25, -0.2) is 13.2 Å². The van der Waals surface area contributed by atoms with Crippen LogP contribution in [0.2, 0.25) is 0 Å². The fourth-order valence-electron chi connectivity index (χ4n) is 3.10. The highest BCUT2D eigenvalue weighted by Gasteiger charge is 2.31. The van der Waals surface area contributed by atoms with E-state index in [2.05, 4.69) is 15.0 Å². The quantitative estimate of drug-likeness (QED) is 0.598. The van der Waals surface area contributed by atoms with Gasteiger partial charge in [0.15, 0.2) is 11.7 Å². The Bertz CT molecular complexity index is 1140. The standard InChI is InChI=1S/C20H17F6N3O3/c1-10-5-12(32-20(24,25)26)3-4-15(10)27-19-28-18(30)16(31-2)9-29(19)8-11-6-13(21)17(23)14(22)7-11/h3-6,9,11H,7-8H2,1-2H3,(H,27,28,30). The minimum atomic E-state index is -4.86. The number of rotatable bonds is 6. The van der Waals surface area contributed by atoms with Gasteiger partial charge in [-0.15, -0.1) is 13.2 Å². The van der Waals surface area contributed by atoms with E-state index >= 15 is 0 Å². The van der Waals surface area contributed by atoms with Gasteiger partial charge in [-0.05, 0) is 36.8 Å². The van der Waals surface area contributed by atoms with Gasteiger partial charge in [0.2, 0.25) is 11.7 Å². The molecule has 1 atom stereocenters. The van der Waals surface area contributed by atoms with Crippen LogP contribution in [0.15, 0.2) is 52.7 Å². The first-order chi connectivity index (χ1) is 15.0. The maximum Gasteiger partial charge on any atom is 0.573 e. The molecule has 0 saturated carbocycles. The maximum atomic E-state index is 13.7. The summed E-state index contributed by atoms with van der Waals surface area (Å²) < 4.78 is 87.9. The van der Waals surface area contributed by atoms with Crippen LogP contribution in [0.4, 0.5) is 38.0 Å². The molecule has 0 spiro atoms. The van der Waals surface area contributed by atoms with Crippen molar-refractivity contribution in [3.8, 4) is 11.5 Å². The van der Waals surface area contributed by atoms with Gasteiger partial charge in [-0.2, -0.15) is 4.98 Å². The van der Waals surface area contributed by atoms with E-state index in [1.54, 1.807) is 0 Å². The van der Waals surface area contributed by atoms with Gasteiger partial charge in [0.05, 0.1) is 13.3 Å². The normalized spacial score (nSPS) is 16.6. The van der Waals surface area contributed by atoms with E-state index in [9.17, 15) is 31.1 Å². The zero-order chi connectivity index (χ0) is 23.6. The van der Waals surface area contributed by atoms with E-state index in [1.165, 1.54) is 30.9 Å². The van der Waals surface area contributed by atoms with Gasteiger partial charge >= 0.3 is 11.9 Å². The van der Waals surface area contributed by atoms with Crippen LogP contribution in [0, 0.1) is 12.8 Å². The molecule has 2 aromatic rings. The number of hydrogen-bond acceptors (Lipinski definition) is 5. The van der Waals surface area contributed by atoms with E-state index < -0.39 is 47.5 Å². The predicted octanol–water partition coefficient (Wildman–Crippen LogP) is 5.23. The first-order valence-corrected chi connectivity index (χ1v) is 9.17. The van der Waals surface area contributed by atoms with Crippen molar-refractivity contribution < 1.29 is 35.8 Å². The summed E-state index contributed by atoms with van der Waals surface area (Å²) in [5.41, 5.74) is -0.112. The van der Waals surface area contributed by atoms with Crippen LogP contribution in [-0.2, 0) is 6.54 Å². The molecular formula is C20H17F6N3O3. The van der Waals surface area contributed by atoms with Crippen molar-refractivity contribution in [3.63, 3.8) is 0 Å². The van der Waals surface area contributed by atoms with Crippen molar-refractivity contribution in [2.45, 2.75) is 26.3 Å². The number of nitrogens with one attached hydrogen (secondary N) is 1. The Balaban J connectivity index is 1.92. The van der Waals surface area contributed by atoms with E-state index in [0.717, 1.165) is 18.2 Å². The minimum absolute atomic E-state index is 0.0624. The molecule has 172 valence electrons. The molecule has 1 aromatic heterocycles. The molecule has 1 heterocycles. The van der Waals surface area contributed by atoms with Crippen LogP contribution in [0.1, 0.15) is 12.0 Å². The second-order valence-corrected chi connectivity index (χ2v) is 6.94. The Labute approximate surface area is 177 Å². The molecule has 1 aliphatic carbocycles. The van der Waals surface area contributed by atoms with Gasteiger partial charge < -0.3 is 19.4 Å². The Hall–Kier alpha value is -3.44. The van der Waals surface area contributed by atoms with E-state index in [0.29, 0.717) is 11.3 Å². The van der Waals surface area contributed by atoms with E-state index in [1.807, 2.05) is 0 Å². The predicted molar refractivity (Wildman–Crippen MR) is 103 cm³/mol. The Kier molecular flexibility index (Phi) is 6.51. The average molecular weight is 461 g/mol. The number of ether oxygens (including phenoxy) is 2. The van der Waals surface area contributed by atoms with Crippen molar-refractivity contribution in [1.29, 1.82) is 0 Å². The molecule has 0 aliphatic heterocycles. The average Bonchev–Trinajstić information content (AvgIpc) is 2.68. The summed E-state index contributed by atoms with van der Waals surface area (Å²) >= 11 is 0. The molecule has 0 fully saturated rings. The third-order valence-corrected chi connectivity index (χ3v) is 4.56. The maximum absolute atomic E-state index is 13.7. The summed E-state index contributed by atoms with van der Waals surface area (Å²) in [4.78, 5) is 16.0. The summed E-state index contributed by atoms with van der Waals surface area (Å²) in [6.45, 7) is 1.40. The van der Waals surface area contributed by atoms with Crippen molar-refractivity contribution in [3.05, 3.63) is 63.9 Å². The number of anilines is 2. The van der Waals surface area contributed by atoms with Crippen LogP contribution < -0.4 is 20.3 Å². The van der Waals surface area contributed by atoms with Crippen LogP contribution in [0.3, 0.4) is 0 Å². The van der Waals surface area contributed by atoms with Gasteiger partial charge in [-0.3, -0.25) is 4.79 Å². The molecule has 0 saturated heterocycles. The molecule has 12 heteroatoms. The van der Waals surface area contributed by atoms with Crippen molar-refractivity contribution in [1.82, 2.24) is 9.55 Å². The second kappa shape index (κ2) is 8.97. The molecule has 6 nitrogen and oxygen atoms in total. The molecule has 1 unspecified atom stereocenters. The second-order valence-electron chi connectivity index (χ2n) is 6.94. The largest absolute Gasteiger partial charge is 0.573 e. The lowest BCUT2D eigenvalue weighted by Gasteiger charge is -2.21. The van der Waals surface area contributed by atoms with Crippen LogP contribution in [0.25, 0.3) is 0 Å². The molecule has 1 aliphatic rings. The molecule has 1 aromatic carbocycles. The summed E-state index contributed by atoms with van der Waals surface area (Å²) in [6, 6.07) is 3.48. The van der Waals surface area contributed by atoms with Gasteiger partial charge in [-0.1, -0.05) is 0 Å². The first kappa shape index (κ1) is 23.2. The molecule has 0 bridgehead atoms. The zero-order valence-electron chi connectivity index (χ0n) is 16.8. The van der Waals surface area contributed by atoms with Gasteiger partial charge in [0.25, 0.3) is 0 Å².